The van der Waals surface area contributed by atoms with Gasteiger partial charge in [-0.15, -0.1) is 0 Å². The van der Waals surface area contributed by atoms with Gasteiger partial charge in [0.15, 0.2) is 0 Å². The SMILES string of the molecule is Cc1cc(N(C)Cc2ccccc2)nc(NCCc2ccccc2)n1. The summed E-state index contributed by atoms with van der Waals surface area (Å²) < 4.78 is 0. The molecule has 4 heteroatoms. The molecule has 128 valence electrons. The van der Waals surface area contributed by atoms with E-state index in [9.17, 15) is 0 Å². The highest BCUT2D eigenvalue weighted by Gasteiger charge is 2.07. The van der Waals surface area contributed by atoms with E-state index in [4.69, 9.17) is 0 Å². The Balaban J connectivity index is 1.63. The van der Waals surface area contributed by atoms with Crippen LogP contribution in [0.15, 0.2) is 66.7 Å². The third-order valence-corrected chi connectivity index (χ3v) is 4.03. The number of benzene rings is 2. The van der Waals surface area contributed by atoms with Gasteiger partial charge in [0.25, 0.3) is 0 Å². The van der Waals surface area contributed by atoms with Crippen LogP contribution < -0.4 is 10.2 Å². The molecule has 0 unspecified atom stereocenters. The second-order valence-electron chi connectivity index (χ2n) is 6.20. The summed E-state index contributed by atoms with van der Waals surface area (Å²) in [6.07, 6.45) is 0.952. The lowest BCUT2D eigenvalue weighted by atomic mass is 10.1. The Kier molecular flexibility index (Phi) is 5.62. The van der Waals surface area contributed by atoms with Gasteiger partial charge >= 0.3 is 0 Å². The molecule has 0 atom stereocenters. The van der Waals surface area contributed by atoms with Crippen molar-refractivity contribution in [1.82, 2.24) is 9.97 Å². The van der Waals surface area contributed by atoms with Crippen LogP contribution in [0.2, 0.25) is 0 Å². The lowest BCUT2D eigenvalue weighted by molar-refractivity contribution is 0.881. The zero-order chi connectivity index (χ0) is 17.5. The summed E-state index contributed by atoms with van der Waals surface area (Å²) in [7, 11) is 2.06. The molecule has 1 N–H and O–H groups in total. The molecule has 0 aliphatic heterocycles. The number of hydrogen-bond donors (Lipinski definition) is 1. The molecule has 1 aromatic heterocycles. The second-order valence-corrected chi connectivity index (χ2v) is 6.20. The monoisotopic (exact) mass is 332 g/mol. The minimum atomic E-state index is 0.686. The molecule has 0 saturated carbocycles. The van der Waals surface area contributed by atoms with E-state index in [1.807, 2.05) is 25.1 Å². The Hall–Kier alpha value is -2.88. The molecule has 0 amide bonds. The third-order valence-electron chi connectivity index (χ3n) is 4.03. The first kappa shape index (κ1) is 17.0. The van der Waals surface area contributed by atoms with Crippen molar-refractivity contribution in [2.24, 2.45) is 0 Å². The van der Waals surface area contributed by atoms with Gasteiger partial charge in [0.05, 0.1) is 0 Å². The van der Waals surface area contributed by atoms with Gasteiger partial charge in [-0.25, -0.2) is 4.98 Å². The zero-order valence-corrected chi connectivity index (χ0v) is 14.8. The topological polar surface area (TPSA) is 41.1 Å². The average Bonchev–Trinajstić information content (AvgIpc) is 2.63. The molecular formula is C21H24N4. The highest BCUT2D eigenvalue weighted by atomic mass is 15.2. The van der Waals surface area contributed by atoms with E-state index in [0.29, 0.717) is 5.95 Å². The van der Waals surface area contributed by atoms with Crippen molar-refractivity contribution in [2.75, 3.05) is 23.8 Å². The largest absolute Gasteiger partial charge is 0.355 e. The third kappa shape index (κ3) is 5.05. The maximum Gasteiger partial charge on any atom is 0.224 e. The van der Waals surface area contributed by atoms with Crippen LogP contribution in [-0.2, 0) is 13.0 Å². The number of aryl methyl sites for hydroxylation is 1. The molecule has 0 fully saturated rings. The summed E-state index contributed by atoms with van der Waals surface area (Å²) in [5.74, 6) is 1.62. The van der Waals surface area contributed by atoms with E-state index in [1.165, 1.54) is 11.1 Å². The average molecular weight is 332 g/mol. The van der Waals surface area contributed by atoms with Crippen molar-refractivity contribution in [3.63, 3.8) is 0 Å². The van der Waals surface area contributed by atoms with Gasteiger partial charge < -0.3 is 10.2 Å². The molecule has 3 aromatic rings. The van der Waals surface area contributed by atoms with Crippen LogP contribution in [0.1, 0.15) is 16.8 Å². The van der Waals surface area contributed by atoms with Crippen molar-refractivity contribution >= 4 is 11.8 Å². The molecule has 1 heterocycles. The van der Waals surface area contributed by atoms with Crippen LogP contribution in [0.5, 0.6) is 0 Å². The highest BCUT2D eigenvalue weighted by molar-refractivity contribution is 5.44. The minimum Gasteiger partial charge on any atom is -0.355 e. The number of nitrogens with one attached hydrogen (secondary N) is 1. The van der Waals surface area contributed by atoms with Gasteiger partial charge in [-0.3, -0.25) is 0 Å². The van der Waals surface area contributed by atoms with Crippen molar-refractivity contribution in [1.29, 1.82) is 0 Å². The lowest BCUT2D eigenvalue weighted by Gasteiger charge is -2.19. The first-order chi connectivity index (χ1) is 12.2. The van der Waals surface area contributed by atoms with Crippen LogP contribution in [0, 0.1) is 6.92 Å². The van der Waals surface area contributed by atoms with Gasteiger partial charge in [0.1, 0.15) is 5.82 Å². The van der Waals surface area contributed by atoms with E-state index in [2.05, 4.69) is 75.8 Å². The molecule has 0 spiro atoms. The standard InChI is InChI=1S/C21H24N4/c1-17-15-20(25(2)16-19-11-7-4-8-12-19)24-21(23-17)22-14-13-18-9-5-3-6-10-18/h3-12,15H,13-14,16H2,1-2H3,(H,22,23,24). The van der Waals surface area contributed by atoms with Crippen molar-refractivity contribution in [3.8, 4) is 0 Å². The van der Waals surface area contributed by atoms with Crippen LogP contribution in [0.4, 0.5) is 11.8 Å². The summed E-state index contributed by atoms with van der Waals surface area (Å²) in [6, 6.07) is 22.9. The summed E-state index contributed by atoms with van der Waals surface area (Å²) in [6.45, 7) is 3.64. The fourth-order valence-corrected chi connectivity index (χ4v) is 2.73. The van der Waals surface area contributed by atoms with Gasteiger partial charge in [-0.05, 0) is 24.5 Å². The second kappa shape index (κ2) is 8.29. The number of hydrogen-bond acceptors (Lipinski definition) is 4. The number of rotatable bonds is 7. The number of aromatic nitrogens is 2. The van der Waals surface area contributed by atoms with Crippen LogP contribution in [0.25, 0.3) is 0 Å². The quantitative estimate of drug-likeness (QED) is 0.708. The highest BCUT2D eigenvalue weighted by Crippen LogP contribution is 2.16. The van der Waals surface area contributed by atoms with E-state index < -0.39 is 0 Å². The normalized spacial score (nSPS) is 10.5. The summed E-state index contributed by atoms with van der Waals surface area (Å²) >= 11 is 0. The molecular weight excluding hydrogens is 308 g/mol. The van der Waals surface area contributed by atoms with Crippen molar-refractivity contribution in [3.05, 3.63) is 83.6 Å². The fraction of sp³-hybridized carbons (Fsp3) is 0.238. The molecule has 0 aliphatic rings. The molecule has 3 rings (SSSR count). The maximum absolute atomic E-state index is 4.66. The summed E-state index contributed by atoms with van der Waals surface area (Å²) in [4.78, 5) is 11.3. The number of anilines is 2. The van der Waals surface area contributed by atoms with Gasteiger partial charge in [-0.2, -0.15) is 4.98 Å². The van der Waals surface area contributed by atoms with Crippen molar-refractivity contribution < 1.29 is 0 Å². The minimum absolute atomic E-state index is 0.686. The summed E-state index contributed by atoms with van der Waals surface area (Å²) in [5, 5.41) is 3.34. The van der Waals surface area contributed by atoms with E-state index in [-0.39, 0.29) is 0 Å². The van der Waals surface area contributed by atoms with Crippen LogP contribution in [0.3, 0.4) is 0 Å². The Morgan fingerprint density at radius 2 is 1.52 bits per heavy atom. The van der Waals surface area contributed by atoms with Crippen LogP contribution in [-0.4, -0.2) is 23.6 Å². The van der Waals surface area contributed by atoms with Gasteiger partial charge in [0, 0.05) is 31.9 Å². The Morgan fingerprint density at radius 3 is 2.20 bits per heavy atom. The predicted molar refractivity (Wildman–Crippen MR) is 104 cm³/mol. The van der Waals surface area contributed by atoms with Crippen LogP contribution >= 0.6 is 0 Å². The van der Waals surface area contributed by atoms with E-state index in [0.717, 1.165) is 31.0 Å². The molecule has 2 aromatic carbocycles. The van der Waals surface area contributed by atoms with E-state index in [1.54, 1.807) is 0 Å². The predicted octanol–water partition coefficient (Wildman–Crippen LogP) is 4.08. The Labute approximate surface area is 149 Å². The summed E-state index contributed by atoms with van der Waals surface area (Å²) in [5.41, 5.74) is 3.54. The smallest absolute Gasteiger partial charge is 0.224 e. The molecule has 0 radical (unpaired) electrons. The molecule has 0 aliphatic carbocycles. The molecule has 0 saturated heterocycles. The van der Waals surface area contributed by atoms with Crippen molar-refractivity contribution in [2.45, 2.75) is 19.9 Å². The van der Waals surface area contributed by atoms with Gasteiger partial charge in [-0.1, -0.05) is 60.7 Å². The van der Waals surface area contributed by atoms with Gasteiger partial charge in [0.2, 0.25) is 5.95 Å². The zero-order valence-electron chi connectivity index (χ0n) is 14.8. The Morgan fingerprint density at radius 1 is 0.880 bits per heavy atom. The molecule has 0 bridgehead atoms. The maximum atomic E-state index is 4.66. The first-order valence-corrected chi connectivity index (χ1v) is 8.59. The lowest BCUT2D eigenvalue weighted by Crippen LogP contribution is -2.19. The number of nitrogens with zero attached hydrogens (tertiary/aromatic N) is 3. The first-order valence-electron chi connectivity index (χ1n) is 8.59. The molecule has 25 heavy (non-hydrogen) atoms. The fourth-order valence-electron chi connectivity index (χ4n) is 2.73. The van der Waals surface area contributed by atoms with E-state index >= 15 is 0 Å². The Bertz CT molecular complexity index is 788. The molecule has 4 nitrogen and oxygen atoms in total.